The van der Waals surface area contributed by atoms with Crippen LogP contribution in [-0.4, -0.2) is 68.9 Å². The van der Waals surface area contributed by atoms with Crippen LogP contribution in [0.15, 0.2) is 12.2 Å². The van der Waals surface area contributed by atoms with E-state index in [-0.39, 0.29) is 36.2 Å². The topological polar surface area (TPSA) is 150 Å². The average Bonchev–Trinajstić information content (AvgIpc) is 3.25. The van der Waals surface area contributed by atoms with Crippen LogP contribution < -0.4 is 0 Å². The Kier molecular flexibility index (Phi) is 13.0. The van der Waals surface area contributed by atoms with Crippen LogP contribution in [0.3, 0.4) is 0 Å². The van der Waals surface area contributed by atoms with Crippen molar-refractivity contribution in [3.63, 3.8) is 0 Å². The van der Waals surface area contributed by atoms with Crippen molar-refractivity contribution in [1.82, 2.24) is 0 Å². The monoisotopic (exact) mass is 535 g/mol. The minimum atomic E-state index is -3.47. The molecule has 0 spiro atoms. The number of ketones is 1. The van der Waals surface area contributed by atoms with E-state index in [2.05, 4.69) is 4.84 Å². The van der Waals surface area contributed by atoms with E-state index in [1.165, 1.54) is 14.2 Å². The Morgan fingerprint density at radius 1 is 1.22 bits per heavy atom. The number of nitrogens with zero attached hydrogens (tertiary/aromatic N) is 1. The second-order valence-corrected chi connectivity index (χ2v) is 11.3. The minimum absolute atomic E-state index is 0.0808. The molecule has 1 aliphatic carbocycles. The smallest absolute Gasteiger partial charge is 0.337 e. The van der Waals surface area contributed by atoms with Crippen LogP contribution in [0.4, 0.5) is 0 Å². The maximum Gasteiger partial charge on any atom is 0.337 e. The number of allylic oxidation sites excluding steroid dienone is 2. The molecule has 36 heavy (non-hydrogen) atoms. The van der Waals surface area contributed by atoms with Crippen LogP contribution in [0, 0.1) is 22.0 Å². The molecule has 2 rings (SSSR count). The van der Waals surface area contributed by atoms with Gasteiger partial charge in [0.2, 0.25) is 0 Å². The summed E-state index contributed by atoms with van der Waals surface area (Å²) in [6.07, 6.45) is 8.93. The van der Waals surface area contributed by atoms with Crippen molar-refractivity contribution >= 4 is 19.3 Å². The SMILES string of the molecule is COP(=O)(CC(=O)[C@H]1C[C@@H](OC2CCCCO2)C[C@H]1/C=C/CCC[C@H](C)OC(=O)CO[N+](=O)[O-])OC. The average molecular weight is 536 g/mol. The summed E-state index contributed by atoms with van der Waals surface area (Å²) in [5, 5.41) is 9.09. The zero-order chi connectivity index (χ0) is 26.6. The Morgan fingerprint density at radius 3 is 2.61 bits per heavy atom. The molecule has 12 nitrogen and oxygen atoms in total. The molecule has 0 bridgehead atoms. The third kappa shape index (κ3) is 10.6. The molecule has 0 amide bonds. The van der Waals surface area contributed by atoms with Crippen molar-refractivity contribution in [3.05, 3.63) is 22.3 Å². The first-order valence-electron chi connectivity index (χ1n) is 12.3. The normalized spacial score (nSPS) is 25.5. The predicted molar refractivity (Wildman–Crippen MR) is 128 cm³/mol. The third-order valence-electron chi connectivity index (χ3n) is 6.36. The van der Waals surface area contributed by atoms with E-state index >= 15 is 0 Å². The molecule has 1 heterocycles. The van der Waals surface area contributed by atoms with E-state index in [0.717, 1.165) is 19.3 Å². The van der Waals surface area contributed by atoms with Gasteiger partial charge in [-0.25, -0.2) is 4.79 Å². The highest BCUT2D eigenvalue weighted by atomic mass is 31.2. The summed E-state index contributed by atoms with van der Waals surface area (Å²) in [7, 11) is -0.933. The van der Waals surface area contributed by atoms with Gasteiger partial charge in [-0.05, 0) is 64.2 Å². The molecular formula is C23H38NO11P. The van der Waals surface area contributed by atoms with E-state index in [0.29, 0.717) is 38.7 Å². The molecular weight excluding hydrogens is 497 g/mol. The lowest BCUT2D eigenvalue weighted by atomic mass is 9.92. The van der Waals surface area contributed by atoms with Crippen molar-refractivity contribution in [1.29, 1.82) is 0 Å². The summed E-state index contributed by atoms with van der Waals surface area (Å²) in [5.74, 6) is -1.41. The molecule has 1 unspecified atom stereocenters. The van der Waals surface area contributed by atoms with Crippen LogP contribution in [0.25, 0.3) is 0 Å². The van der Waals surface area contributed by atoms with Gasteiger partial charge >= 0.3 is 13.6 Å². The zero-order valence-corrected chi connectivity index (χ0v) is 22.1. The number of carbonyl (C=O) groups excluding carboxylic acids is 2. The molecule has 0 aromatic heterocycles. The number of Topliss-reactive ketones (excluding diaryl/α,β-unsaturated/α-hetero) is 1. The van der Waals surface area contributed by atoms with Crippen LogP contribution >= 0.6 is 7.60 Å². The van der Waals surface area contributed by atoms with Crippen LogP contribution in [0.5, 0.6) is 0 Å². The summed E-state index contributed by atoms with van der Waals surface area (Å²) >= 11 is 0. The van der Waals surface area contributed by atoms with Crippen molar-refractivity contribution in [2.45, 2.75) is 76.8 Å². The van der Waals surface area contributed by atoms with Gasteiger partial charge in [0, 0.05) is 26.7 Å². The molecule has 0 aromatic rings. The Balaban J connectivity index is 1.88. The molecule has 1 saturated carbocycles. The largest absolute Gasteiger partial charge is 0.461 e. The maximum atomic E-state index is 13.0. The van der Waals surface area contributed by atoms with Gasteiger partial charge in [-0.3, -0.25) is 9.36 Å². The van der Waals surface area contributed by atoms with Gasteiger partial charge in [0.05, 0.1) is 12.2 Å². The molecule has 1 saturated heterocycles. The van der Waals surface area contributed by atoms with Gasteiger partial charge in [0.15, 0.2) is 12.9 Å². The quantitative estimate of drug-likeness (QED) is 0.0708. The highest BCUT2D eigenvalue weighted by Gasteiger charge is 2.41. The van der Waals surface area contributed by atoms with Gasteiger partial charge in [-0.2, -0.15) is 0 Å². The second-order valence-electron chi connectivity index (χ2n) is 9.05. The molecule has 1 aliphatic heterocycles. The number of esters is 1. The van der Waals surface area contributed by atoms with E-state index < -0.39 is 31.4 Å². The molecule has 0 N–H and O–H groups in total. The van der Waals surface area contributed by atoms with E-state index in [1.807, 2.05) is 12.2 Å². The number of carbonyl (C=O) groups is 2. The van der Waals surface area contributed by atoms with Gasteiger partial charge in [0.25, 0.3) is 5.09 Å². The Labute approximate surface area is 211 Å². The first kappa shape index (κ1) is 30.4. The third-order valence-corrected chi connectivity index (χ3v) is 8.17. The zero-order valence-electron chi connectivity index (χ0n) is 21.2. The number of unbranched alkanes of at least 4 members (excludes halogenated alkanes) is 1. The van der Waals surface area contributed by atoms with Crippen LogP contribution in [-0.2, 0) is 42.2 Å². The molecule has 0 radical (unpaired) electrons. The first-order valence-corrected chi connectivity index (χ1v) is 14.0. The molecule has 13 heteroatoms. The fraction of sp³-hybridized carbons (Fsp3) is 0.826. The number of rotatable bonds is 16. The molecule has 206 valence electrons. The number of ether oxygens (including phenoxy) is 3. The Bertz CT molecular complexity index is 791. The highest BCUT2D eigenvalue weighted by Crippen LogP contribution is 2.48. The van der Waals surface area contributed by atoms with E-state index in [4.69, 9.17) is 23.3 Å². The van der Waals surface area contributed by atoms with Gasteiger partial charge in [0.1, 0.15) is 11.9 Å². The van der Waals surface area contributed by atoms with Crippen molar-refractivity contribution in [2.24, 2.45) is 11.8 Å². The fourth-order valence-electron chi connectivity index (χ4n) is 4.48. The van der Waals surface area contributed by atoms with E-state index in [9.17, 15) is 24.3 Å². The van der Waals surface area contributed by atoms with Gasteiger partial charge in [-0.1, -0.05) is 12.2 Å². The lowest BCUT2D eigenvalue weighted by Gasteiger charge is -2.26. The first-order chi connectivity index (χ1) is 17.2. The highest BCUT2D eigenvalue weighted by molar-refractivity contribution is 7.54. The van der Waals surface area contributed by atoms with Crippen molar-refractivity contribution in [3.8, 4) is 0 Å². The molecule has 5 atom stereocenters. The summed E-state index contributed by atoms with van der Waals surface area (Å²) < 4.78 is 39.3. The second kappa shape index (κ2) is 15.4. The van der Waals surface area contributed by atoms with E-state index in [1.54, 1.807) is 6.92 Å². The summed E-state index contributed by atoms with van der Waals surface area (Å²) in [6.45, 7) is 1.64. The summed E-state index contributed by atoms with van der Waals surface area (Å²) in [5.41, 5.74) is 0. The summed E-state index contributed by atoms with van der Waals surface area (Å²) in [4.78, 5) is 38.7. The predicted octanol–water partition coefficient (Wildman–Crippen LogP) is 3.85. The standard InChI is InChI=1S/C23H38NO11P/c1-17(34-22(26)15-33-24(27)28)9-5-4-6-10-18-13-19(35-23-11-7-8-12-32-23)14-20(18)21(25)16-36(29,30-2)31-3/h6,10,17-20,23H,4-5,7-9,11-16H2,1-3H3/b10-6+/t17-,18+,19-,20-,23?/m0/s1. The van der Waals surface area contributed by atoms with Crippen LogP contribution in [0.1, 0.15) is 58.3 Å². The maximum absolute atomic E-state index is 13.0. The van der Waals surface area contributed by atoms with Gasteiger partial charge in [-0.15, -0.1) is 10.1 Å². The number of hydrogen-bond acceptors (Lipinski definition) is 11. The van der Waals surface area contributed by atoms with Gasteiger partial charge < -0.3 is 28.1 Å². The fourth-order valence-corrected chi connectivity index (χ4v) is 5.50. The Morgan fingerprint density at radius 2 is 1.97 bits per heavy atom. The van der Waals surface area contributed by atoms with Crippen molar-refractivity contribution < 1.29 is 47.3 Å². The van der Waals surface area contributed by atoms with Crippen LogP contribution in [0.2, 0.25) is 0 Å². The van der Waals surface area contributed by atoms with Crippen molar-refractivity contribution in [2.75, 3.05) is 33.6 Å². The molecule has 0 aromatic carbocycles. The lowest BCUT2D eigenvalue weighted by Crippen LogP contribution is -2.27. The molecule has 2 fully saturated rings. The minimum Gasteiger partial charge on any atom is -0.461 e. The lowest BCUT2D eigenvalue weighted by molar-refractivity contribution is -0.754. The number of hydrogen-bond donors (Lipinski definition) is 0. The Hall–Kier alpha value is -1.85. The summed E-state index contributed by atoms with van der Waals surface area (Å²) in [6, 6.07) is 0. The molecule has 2 aliphatic rings.